The lowest BCUT2D eigenvalue weighted by molar-refractivity contribution is 1.38. The van der Waals surface area contributed by atoms with Crippen LogP contribution >= 0.6 is 0 Å². The van der Waals surface area contributed by atoms with Crippen LogP contribution in [0.15, 0.2) is 23.3 Å². The number of allylic oxidation sites excluding steroid dienone is 4. The molecule has 0 aliphatic carbocycles. The van der Waals surface area contributed by atoms with Gasteiger partial charge in [0.05, 0.1) is 5.57 Å². The number of nitrogens with one attached hydrogen (secondary N) is 1. The normalized spacial score (nSPS) is 10.2. The van der Waals surface area contributed by atoms with Gasteiger partial charge >= 0.3 is 0 Å². The van der Waals surface area contributed by atoms with Gasteiger partial charge in [0.2, 0.25) is 0 Å². The second-order valence-corrected chi connectivity index (χ2v) is 2.56. The molecule has 11 heavy (non-hydrogen) atoms. The van der Waals surface area contributed by atoms with Gasteiger partial charge < -0.3 is 5.41 Å². The van der Waals surface area contributed by atoms with Crippen LogP contribution in [0.1, 0.15) is 20.8 Å². The average Bonchev–Trinajstić information content (AvgIpc) is 1.87. The Balaban J connectivity index is 4.54. The van der Waals surface area contributed by atoms with Crippen LogP contribution in [0.25, 0.3) is 0 Å². The molecule has 0 heterocycles. The van der Waals surface area contributed by atoms with Gasteiger partial charge in [-0.3, -0.25) is 0 Å². The highest BCUT2D eigenvalue weighted by molar-refractivity contribution is 5.99. The highest BCUT2D eigenvalue weighted by Gasteiger charge is 1.93. The molecular weight excluding hydrogens is 136 g/mol. The number of hydrogen-bond acceptors (Lipinski definition) is 2. The number of nitriles is 1. The maximum absolute atomic E-state index is 8.52. The molecule has 58 valence electrons. The van der Waals surface area contributed by atoms with Crippen molar-refractivity contribution in [2.75, 3.05) is 0 Å². The fourth-order valence-corrected chi connectivity index (χ4v) is 0.496. The Hall–Kier alpha value is -1.36. The molecule has 0 aromatic carbocycles. The van der Waals surface area contributed by atoms with Crippen molar-refractivity contribution < 1.29 is 0 Å². The first-order valence-electron chi connectivity index (χ1n) is 3.38. The lowest BCUT2D eigenvalue weighted by Gasteiger charge is -1.90. The van der Waals surface area contributed by atoms with E-state index < -0.39 is 0 Å². The quantitative estimate of drug-likeness (QED) is 0.365. The highest BCUT2D eigenvalue weighted by Crippen LogP contribution is 1.97. The molecule has 0 spiro atoms. The first-order valence-corrected chi connectivity index (χ1v) is 3.38. The van der Waals surface area contributed by atoms with Gasteiger partial charge in [-0.15, -0.1) is 0 Å². The van der Waals surface area contributed by atoms with E-state index in [0.29, 0.717) is 11.3 Å². The molecule has 0 aromatic heterocycles. The summed E-state index contributed by atoms with van der Waals surface area (Å²) in [5, 5.41) is 15.7. The fraction of sp³-hybridized carbons (Fsp3) is 0.333. The van der Waals surface area contributed by atoms with Crippen LogP contribution in [-0.2, 0) is 0 Å². The van der Waals surface area contributed by atoms with Crippen molar-refractivity contribution in [3.8, 4) is 6.07 Å². The third-order valence-corrected chi connectivity index (χ3v) is 1.11. The molecule has 0 saturated heterocycles. The first-order chi connectivity index (χ1) is 5.07. The Labute approximate surface area is 67.4 Å². The number of nitrogens with zero attached hydrogens (tertiary/aromatic N) is 1. The van der Waals surface area contributed by atoms with Crippen molar-refractivity contribution in [2.45, 2.75) is 20.8 Å². The first kappa shape index (κ1) is 9.64. The average molecular weight is 148 g/mol. The van der Waals surface area contributed by atoms with Crippen LogP contribution in [-0.4, -0.2) is 5.71 Å². The van der Waals surface area contributed by atoms with Gasteiger partial charge in [-0.2, -0.15) is 5.26 Å². The van der Waals surface area contributed by atoms with Gasteiger partial charge in [-0.25, -0.2) is 0 Å². The van der Waals surface area contributed by atoms with Crippen molar-refractivity contribution in [2.24, 2.45) is 0 Å². The van der Waals surface area contributed by atoms with Crippen molar-refractivity contribution in [3.63, 3.8) is 0 Å². The summed E-state index contributed by atoms with van der Waals surface area (Å²) in [6.45, 7) is 5.50. The smallest absolute Gasteiger partial charge is 0.101 e. The van der Waals surface area contributed by atoms with Gasteiger partial charge in [-0.05, 0) is 26.8 Å². The highest BCUT2D eigenvalue weighted by atomic mass is 14.4. The van der Waals surface area contributed by atoms with Crippen LogP contribution in [0, 0.1) is 16.7 Å². The van der Waals surface area contributed by atoms with Crippen molar-refractivity contribution >= 4 is 5.71 Å². The van der Waals surface area contributed by atoms with Gasteiger partial charge in [0.25, 0.3) is 0 Å². The van der Waals surface area contributed by atoms with E-state index in [9.17, 15) is 0 Å². The molecule has 0 fully saturated rings. The third kappa shape index (κ3) is 4.10. The largest absolute Gasteiger partial charge is 0.304 e. The molecule has 0 aromatic rings. The minimum Gasteiger partial charge on any atom is -0.304 e. The summed E-state index contributed by atoms with van der Waals surface area (Å²) in [5.41, 5.74) is 1.86. The topological polar surface area (TPSA) is 47.6 Å². The van der Waals surface area contributed by atoms with E-state index in [1.807, 2.05) is 26.0 Å². The summed E-state index contributed by atoms with van der Waals surface area (Å²) in [7, 11) is 0. The molecule has 0 rings (SSSR count). The zero-order valence-electron chi connectivity index (χ0n) is 7.10. The number of hydrogen-bond donors (Lipinski definition) is 1. The van der Waals surface area contributed by atoms with Crippen LogP contribution in [0.2, 0.25) is 0 Å². The van der Waals surface area contributed by atoms with Crippen LogP contribution in [0.5, 0.6) is 0 Å². The summed E-state index contributed by atoms with van der Waals surface area (Å²) in [5.74, 6) is 0. The predicted octanol–water partition coefficient (Wildman–Crippen LogP) is 2.44. The Bertz CT molecular complexity index is 247. The lowest BCUT2D eigenvalue weighted by Crippen LogP contribution is -1.90. The van der Waals surface area contributed by atoms with Gasteiger partial charge in [0.15, 0.2) is 0 Å². The zero-order valence-corrected chi connectivity index (χ0v) is 7.10. The van der Waals surface area contributed by atoms with Crippen LogP contribution < -0.4 is 0 Å². The number of rotatable bonds is 2. The molecule has 2 nitrogen and oxygen atoms in total. The molecule has 0 unspecified atom stereocenters. The van der Waals surface area contributed by atoms with Gasteiger partial charge in [-0.1, -0.05) is 11.6 Å². The van der Waals surface area contributed by atoms with E-state index in [1.54, 1.807) is 13.0 Å². The summed E-state index contributed by atoms with van der Waals surface area (Å²) in [6.07, 6.45) is 3.49. The molecule has 0 amide bonds. The zero-order chi connectivity index (χ0) is 8.85. The molecule has 0 bridgehead atoms. The van der Waals surface area contributed by atoms with Gasteiger partial charge in [0, 0.05) is 5.71 Å². The Kier molecular flexibility index (Phi) is 3.90. The molecule has 1 N–H and O–H groups in total. The van der Waals surface area contributed by atoms with E-state index in [-0.39, 0.29) is 0 Å². The minimum atomic E-state index is 0.310. The maximum atomic E-state index is 8.52. The Morgan fingerprint density at radius 3 is 2.09 bits per heavy atom. The molecule has 0 aliphatic rings. The fourth-order valence-electron chi connectivity index (χ4n) is 0.496. The Morgan fingerprint density at radius 1 is 1.27 bits per heavy atom. The second-order valence-electron chi connectivity index (χ2n) is 2.56. The Morgan fingerprint density at radius 2 is 1.82 bits per heavy atom. The predicted molar refractivity (Wildman–Crippen MR) is 46.5 cm³/mol. The molecule has 0 atom stereocenters. The van der Waals surface area contributed by atoms with E-state index in [1.165, 1.54) is 0 Å². The summed E-state index contributed by atoms with van der Waals surface area (Å²) < 4.78 is 0. The molecule has 0 saturated carbocycles. The summed E-state index contributed by atoms with van der Waals surface area (Å²) in [6, 6.07) is 1.95. The molecule has 0 radical (unpaired) electrons. The van der Waals surface area contributed by atoms with Crippen LogP contribution in [0.4, 0.5) is 0 Å². The molecular formula is C9H12N2. The minimum absolute atomic E-state index is 0.310. The summed E-state index contributed by atoms with van der Waals surface area (Å²) >= 11 is 0. The van der Waals surface area contributed by atoms with E-state index in [0.717, 1.165) is 5.57 Å². The van der Waals surface area contributed by atoms with Crippen molar-refractivity contribution in [1.29, 1.82) is 10.7 Å². The maximum Gasteiger partial charge on any atom is 0.101 e. The lowest BCUT2D eigenvalue weighted by atomic mass is 10.1. The summed E-state index contributed by atoms with van der Waals surface area (Å²) in [4.78, 5) is 0. The third-order valence-electron chi connectivity index (χ3n) is 1.11. The molecule has 0 aliphatic heterocycles. The van der Waals surface area contributed by atoms with Crippen molar-refractivity contribution in [1.82, 2.24) is 0 Å². The van der Waals surface area contributed by atoms with Crippen molar-refractivity contribution in [3.05, 3.63) is 23.3 Å². The monoisotopic (exact) mass is 148 g/mol. The molecule has 2 heteroatoms. The van der Waals surface area contributed by atoms with E-state index >= 15 is 0 Å². The SMILES string of the molecule is CC(=N)/C(C#N)=C\C=C(C)C. The standard InChI is InChI=1S/C9H12N2/c1-7(2)4-5-9(6-10)8(3)11/h4-5,11H,1-3H3/b9-5-,11-8?. The van der Waals surface area contributed by atoms with E-state index in [4.69, 9.17) is 10.7 Å². The van der Waals surface area contributed by atoms with Gasteiger partial charge in [0.1, 0.15) is 6.07 Å². The second kappa shape index (κ2) is 4.45. The van der Waals surface area contributed by atoms with Crippen LogP contribution in [0.3, 0.4) is 0 Å². The van der Waals surface area contributed by atoms with E-state index in [2.05, 4.69) is 0 Å².